The van der Waals surface area contributed by atoms with Crippen LogP contribution in [0.25, 0.3) is 0 Å². The van der Waals surface area contributed by atoms with Crippen LogP contribution in [0.3, 0.4) is 0 Å². The van der Waals surface area contributed by atoms with Crippen molar-refractivity contribution in [1.29, 1.82) is 0 Å². The molecule has 5 heteroatoms. The number of hydrogen-bond donors (Lipinski definition) is 0. The molecule has 0 amide bonds. The first-order valence-corrected chi connectivity index (χ1v) is 9.61. The molecule has 1 aliphatic rings. The van der Waals surface area contributed by atoms with Gasteiger partial charge >= 0.3 is 0 Å². The molecular formula is C16H18FNOS2. The topological polar surface area (TPSA) is 30.0 Å². The lowest BCUT2D eigenvalue weighted by molar-refractivity contribution is 0.626. The Labute approximate surface area is 130 Å². The summed E-state index contributed by atoms with van der Waals surface area (Å²) in [5.41, 5.74) is 1.69. The highest BCUT2D eigenvalue weighted by Crippen LogP contribution is 2.35. The normalized spacial score (nSPS) is 17.2. The van der Waals surface area contributed by atoms with E-state index >= 15 is 0 Å². The van der Waals surface area contributed by atoms with Crippen molar-refractivity contribution in [2.75, 3.05) is 0 Å². The Morgan fingerprint density at radius 2 is 2.10 bits per heavy atom. The van der Waals surface area contributed by atoms with E-state index in [1.165, 1.54) is 42.8 Å². The third-order valence-electron chi connectivity index (χ3n) is 3.80. The van der Waals surface area contributed by atoms with Gasteiger partial charge < -0.3 is 0 Å². The highest BCUT2D eigenvalue weighted by Gasteiger charge is 2.20. The lowest BCUT2D eigenvalue weighted by Gasteiger charge is -2.03. The number of thiazole rings is 1. The molecular weight excluding hydrogens is 305 g/mol. The first-order chi connectivity index (χ1) is 10.2. The number of nitrogens with zero attached hydrogens (tertiary/aromatic N) is 1. The van der Waals surface area contributed by atoms with E-state index in [9.17, 15) is 8.60 Å². The van der Waals surface area contributed by atoms with E-state index in [-0.39, 0.29) is 5.82 Å². The highest BCUT2D eigenvalue weighted by molar-refractivity contribution is 7.83. The van der Waals surface area contributed by atoms with Gasteiger partial charge in [-0.15, -0.1) is 11.3 Å². The van der Waals surface area contributed by atoms with E-state index in [2.05, 4.69) is 4.98 Å². The Bertz CT molecular complexity index is 635. The SMILES string of the molecule is O=[S@@](Cc1cccc(F)c1)Cc1csc(C2CCCC2)n1. The summed E-state index contributed by atoms with van der Waals surface area (Å²) in [5.74, 6) is 1.18. The molecule has 2 nitrogen and oxygen atoms in total. The molecule has 1 aromatic heterocycles. The minimum Gasteiger partial charge on any atom is -0.259 e. The van der Waals surface area contributed by atoms with E-state index < -0.39 is 10.8 Å². The fraction of sp³-hybridized carbons (Fsp3) is 0.438. The van der Waals surface area contributed by atoms with Crippen molar-refractivity contribution >= 4 is 22.1 Å². The van der Waals surface area contributed by atoms with E-state index in [0.29, 0.717) is 17.4 Å². The van der Waals surface area contributed by atoms with Gasteiger partial charge in [0, 0.05) is 27.9 Å². The second kappa shape index (κ2) is 6.79. The Morgan fingerprint density at radius 3 is 2.86 bits per heavy atom. The zero-order chi connectivity index (χ0) is 14.7. The van der Waals surface area contributed by atoms with Crippen molar-refractivity contribution in [3.8, 4) is 0 Å². The molecule has 0 aliphatic heterocycles. The summed E-state index contributed by atoms with van der Waals surface area (Å²) < 4.78 is 25.3. The van der Waals surface area contributed by atoms with E-state index in [1.807, 2.05) is 11.4 Å². The van der Waals surface area contributed by atoms with Gasteiger partial charge in [-0.1, -0.05) is 25.0 Å². The zero-order valence-electron chi connectivity index (χ0n) is 11.8. The average molecular weight is 323 g/mol. The van der Waals surface area contributed by atoms with Gasteiger partial charge in [0.25, 0.3) is 0 Å². The molecule has 0 bridgehead atoms. The van der Waals surface area contributed by atoms with Crippen LogP contribution in [0.2, 0.25) is 0 Å². The molecule has 3 rings (SSSR count). The molecule has 2 aromatic rings. The smallest absolute Gasteiger partial charge is 0.123 e. The minimum absolute atomic E-state index is 0.276. The first-order valence-electron chi connectivity index (χ1n) is 7.24. The molecule has 0 unspecified atom stereocenters. The molecule has 1 aliphatic carbocycles. The monoisotopic (exact) mass is 323 g/mol. The van der Waals surface area contributed by atoms with Crippen molar-refractivity contribution in [2.24, 2.45) is 0 Å². The summed E-state index contributed by atoms with van der Waals surface area (Å²) in [6, 6.07) is 6.32. The lowest BCUT2D eigenvalue weighted by Crippen LogP contribution is -2.01. The third kappa shape index (κ3) is 3.98. The Balaban J connectivity index is 1.59. The van der Waals surface area contributed by atoms with Crippen LogP contribution in [0.4, 0.5) is 4.39 Å². The summed E-state index contributed by atoms with van der Waals surface area (Å²) in [6.07, 6.45) is 5.06. The van der Waals surface area contributed by atoms with Crippen LogP contribution in [-0.4, -0.2) is 9.19 Å². The quantitative estimate of drug-likeness (QED) is 0.817. The summed E-state index contributed by atoms with van der Waals surface area (Å²) in [4.78, 5) is 4.64. The maximum Gasteiger partial charge on any atom is 0.123 e. The molecule has 1 saturated carbocycles. The molecule has 0 spiro atoms. The number of halogens is 1. The predicted molar refractivity (Wildman–Crippen MR) is 85.3 cm³/mol. The van der Waals surface area contributed by atoms with Gasteiger partial charge in [0.15, 0.2) is 0 Å². The lowest BCUT2D eigenvalue weighted by atomic mass is 10.1. The second-order valence-corrected chi connectivity index (χ2v) is 7.86. The summed E-state index contributed by atoms with van der Waals surface area (Å²) in [7, 11) is -1.04. The summed E-state index contributed by atoms with van der Waals surface area (Å²) >= 11 is 1.69. The van der Waals surface area contributed by atoms with Crippen LogP contribution in [0.5, 0.6) is 0 Å². The van der Waals surface area contributed by atoms with Crippen LogP contribution < -0.4 is 0 Å². The molecule has 21 heavy (non-hydrogen) atoms. The molecule has 1 fully saturated rings. The van der Waals surface area contributed by atoms with Crippen LogP contribution in [-0.2, 0) is 22.3 Å². The fourth-order valence-electron chi connectivity index (χ4n) is 2.78. The predicted octanol–water partition coefficient (Wildman–Crippen LogP) is 4.39. The second-order valence-electron chi connectivity index (χ2n) is 5.52. The number of aromatic nitrogens is 1. The standard InChI is InChI=1S/C16H18FNOS2/c17-14-7-3-4-12(8-14)10-21(19)11-15-9-20-16(18-15)13-5-1-2-6-13/h3-4,7-9,13H,1-2,5-6,10-11H2/t21-/m0/s1. The van der Waals surface area contributed by atoms with Crippen LogP contribution in [0.15, 0.2) is 29.6 Å². The third-order valence-corrected chi connectivity index (χ3v) is 6.13. The average Bonchev–Trinajstić information content (AvgIpc) is 3.08. The molecule has 1 aromatic carbocycles. The van der Waals surface area contributed by atoms with Crippen molar-refractivity contribution in [3.05, 3.63) is 51.7 Å². The molecule has 0 saturated heterocycles. The molecule has 1 atom stereocenters. The molecule has 112 valence electrons. The Hall–Kier alpha value is -1.07. The maximum atomic E-state index is 13.1. The van der Waals surface area contributed by atoms with Gasteiger partial charge in [0.05, 0.1) is 16.5 Å². The van der Waals surface area contributed by atoms with E-state index in [4.69, 9.17) is 0 Å². The largest absolute Gasteiger partial charge is 0.259 e. The maximum absolute atomic E-state index is 13.1. The van der Waals surface area contributed by atoms with E-state index in [0.717, 1.165) is 11.3 Å². The van der Waals surface area contributed by atoms with Crippen molar-refractivity contribution < 1.29 is 8.60 Å². The summed E-state index contributed by atoms with van der Waals surface area (Å²) in [5, 5.41) is 3.22. The van der Waals surface area contributed by atoms with Gasteiger partial charge in [-0.05, 0) is 30.5 Å². The number of benzene rings is 1. The molecule has 1 heterocycles. The molecule has 0 radical (unpaired) electrons. The first kappa shape index (κ1) is 14.9. The van der Waals surface area contributed by atoms with Crippen molar-refractivity contribution in [3.63, 3.8) is 0 Å². The summed E-state index contributed by atoms with van der Waals surface area (Å²) in [6.45, 7) is 0. The van der Waals surface area contributed by atoms with Crippen molar-refractivity contribution in [2.45, 2.75) is 43.1 Å². The van der Waals surface area contributed by atoms with Gasteiger partial charge in [-0.3, -0.25) is 4.21 Å². The number of rotatable bonds is 5. The van der Waals surface area contributed by atoms with Crippen LogP contribution >= 0.6 is 11.3 Å². The van der Waals surface area contributed by atoms with Gasteiger partial charge in [0.1, 0.15) is 5.82 Å². The highest BCUT2D eigenvalue weighted by atomic mass is 32.2. The van der Waals surface area contributed by atoms with Gasteiger partial charge in [-0.25, -0.2) is 9.37 Å². The van der Waals surface area contributed by atoms with Gasteiger partial charge in [0.2, 0.25) is 0 Å². The molecule has 0 N–H and O–H groups in total. The Morgan fingerprint density at radius 1 is 1.29 bits per heavy atom. The fourth-order valence-corrected chi connectivity index (χ4v) is 5.01. The zero-order valence-corrected chi connectivity index (χ0v) is 13.4. The van der Waals surface area contributed by atoms with E-state index in [1.54, 1.807) is 17.4 Å². The number of hydrogen-bond acceptors (Lipinski definition) is 3. The Kier molecular flexibility index (Phi) is 4.80. The van der Waals surface area contributed by atoms with Crippen LogP contribution in [0, 0.1) is 5.82 Å². The van der Waals surface area contributed by atoms with Crippen molar-refractivity contribution in [1.82, 2.24) is 4.98 Å². The van der Waals surface area contributed by atoms with Gasteiger partial charge in [-0.2, -0.15) is 0 Å². The minimum atomic E-state index is -1.04. The van der Waals surface area contributed by atoms with Crippen LogP contribution in [0.1, 0.15) is 47.9 Å².